The molecule has 0 aliphatic heterocycles. The highest BCUT2D eigenvalue weighted by Gasteiger charge is 2.44. The Kier molecular flexibility index (Phi) is 4.50. The standard InChI is InChI=1S/C14H24O3/c1-11-6-13(2,9-16-4)8-14(3,10-17-5)12(11)7-15/h6-7,12H,8-10H2,1-5H3. The first-order chi connectivity index (χ1) is 7.90. The van der Waals surface area contributed by atoms with Crippen LogP contribution in [0.2, 0.25) is 0 Å². The molecule has 0 N–H and O–H groups in total. The van der Waals surface area contributed by atoms with Gasteiger partial charge in [0, 0.05) is 31.0 Å². The molecule has 3 atom stereocenters. The van der Waals surface area contributed by atoms with Crippen LogP contribution in [0, 0.1) is 16.7 Å². The maximum Gasteiger partial charge on any atom is 0.127 e. The molecule has 1 aliphatic rings. The molecular formula is C14H24O3. The highest BCUT2D eigenvalue weighted by atomic mass is 16.5. The van der Waals surface area contributed by atoms with Crippen molar-refractivity contribution in [3.8, 4) is 0 Å². The van der Waals surface area contributed by atoms with Crippen LogP contribution in [0.3, 0.4) is 0 Å². The van der Waals surface area contributed by atoms with Gasteiger partial charge in [0.05, 0.1) is 13.2 Å². The molecule has 1 rings (SSSR count). The minimum absolute atomic E-state index is 0.00831. The minimum atomic E-state index is -0.136. The molecule has 1 aliphatic carbocycles. The summed E-state index contributed by atoms with van der Waals surface area (Å²) in [7, 11) is 3.41. The van der Waals surface area contributed by atoms with E-state index in [1.54, 1.807) is 14.2 Å². The lowest BCUT2D eigenvalue weighted by Crippen LogP contribution is -2.43. The third kappa shape index (κ3) is 2.96. The van der Waals surface area contributed by atoms with E-state index in [1.165, 1.54) is 0 Å². The SMILES string of the molecule is COCC1(C)C=C(C)C(C=O)C(C)(COC)C1. The topological polar surface area (TPSA) is 35.5 Å². The first-order valence-electron chi connectivity index (χ1n) is 6.03. The average molecular weight is 240 g/mol. The van der Waals surface area contributed by atoms with Gasteiger partial charge in [-0.2, -0.15) is 0 Å². The molecule has 3 nitrogen and oxygen atoms in total. The molecule has 0 aromatic rings. The summed E-state index contributed by atoms with van der Waals surface area (Å²) < 4.78 is 10.6. The highest BCUT2D eigenvalue weighted by molar-refractivity contribution is 5.61. The monoisotopic (exact) mass is 240 g/mol. The van der Waals surface area contributed by atoms with Crippen LogP contribution in [-0.4, -0.2) is 33.7 Å². The van der Waals surface area contributed by atoms with Crippen LogP contribution >= 0.6 is 0 Å². The Morgan fingerprint density at radius 3 is 2.41 bits per heavy atom. The van der Waals surface area contributed by atoms with Gasteiger partial charge in [-0.25, -0.2) is 0 Å². The Morgan fingerprint density at radius 1 is 1.35 bits per heavy atom. The second-order valence-corrected chi connectivity index (χ2v) is 5.85. The van der Waals surface area contributed by atoms with Gasteiger partial charge in [0.15, 0.2) is 0 Å². The van der Waals surface area contributed by atoms with E-state index in [4.69, 9.17) is 9.47 Å². The van der Waals surface area contributed by atoms with Crippen molar-refractivity contribution in [2.45, 2.75) is 27.2 Å². The van der Waals surface area contributed by atoms with E-state index < -0.39 is 0 Å². The molecule has 0 spiro atoms. The fraction of sp³-hybridized carbons (Fsp3) is 0.786. The lowest BCUT2D eigenvalue weighted by atomic mass is 9.60. The molecular weight excluding hydrogens is 216 g/mol. The molecule has 0 heterocycles. The van der Waals surface area contributed by atoms with Gasteiger partial charge in [0.2, 0.25) is 0 Å². The van der Waals surface area contributed by atoms with Gasteiger partial charge in [-0.1, -0.05) is 25.5 Å². The molecule has 0 saturated heterocycles. The summed E-state index contributed by atoms with van der Waals surface area (Å²) in [4.78, 5) is 11.3. The fourth-order valence-electron chi connectivity index (χ4n) is 3.44. The smallest absolute Gasteiger partial charge is 0.127 e. The Morgan fingerprint density at radius 2 is 1.94 bits per heavy atom. The van der Waals surface area contributed by atoms with E-state index in [1.807, 2.05) is 6.92 Å². The minimum Gasteiger partial charge on any atom is -0.384 e. The number of hydrogen-bond donors (Lipinski definition) is 0. The van der Waals surface area contributed by atoms with E-state index in [-0.39, 0.29) is 16.7 Å². The van der Waals surface area contributed by atoms with E-state index in [0.29, 0.717) is 13.2 Å². The van der Waals surface area contributed by atoms with Crippen molar-refractivity contribution < 1.29 is 14.3 Å². The number of methoxy groups -OCH3 is 2. The van der Waals surface area contributed by atoms with Crippen LogP contribution in [0.5, 0.6) is 0 Å². The molecule has 0 saturated carbocycles. The first-order valence-corrected chi connectivity index (χ1v) is 6.03. The predicted octanol–water partition coefficient (Wildman–Crippen LogP) is 2.46. The largest absolute Gasteiger partial charge is 0.384 e. The van der Waals surface area contributed by atoms with Crippen LogP contribution < -0.4 is 0 Å². The van der Waals surface area contributed by atoms with Gasteiger partial charge >= 0.3 is 0 Å². The summed E-state index contributed by atoms with van der Waals surface area (Å²) in [5.74, 6) is -0.0487. The van der Waals surface area contributed by atoms with E-state index in [2.05, 4.69) is 19.9 Å². The van der Waals surface area contributed by atoms with Crippen molar-refractivity contribution in [2.24, 2.45) is 16.7 Å². The molecule has 3 heteroatoms. The maximum absolute atomic E-state index is 11.3. The van der Waals surface area contributed by atoms with Gasteiger partial charge in [0.25, 0.3) is 0 Å². The summed E-state index contributed by atoms with van der Waals surface area (Å²) in [5.41, 5.74) is 0.985. The Balaban J connectivity index is 3.07. The van der Waals surface area contributed by atoms with Crippen molar-refractivity contribution >= 4 is 6.29 Å². The highest BCUT2D eigenvalue weighted by Crippen LogP contribution is 2.48. The number of ether oxygens (including phenoxy) is 2. The third-order valence-corrected chi connectivity index (χ3v) is 3.71. The van der Waals surface area contributed by atoms with E-state index in [0.717, 1.165) is 18.3 Å². The lowest BCUT2D eigenvalue weighted by molar-refractivity contribution is -0.116. The van der Waals surface area contributed by atoms with Crippen molar-refractivity contribution in [1.29, 1.82) is 0 Å². The maximum atomic E-state index is 11.3. The second kappa shape index (κ2) is 5.32. The van der Waals surface area contributed by atoms with Gasteiger partial charge < -0.3 is 14.3 Å². The quantitative estimate of drug-likeness (QED) is 0.547. The molecule has 0 radical (unpaired) electrons. The summed E-state index contributed by atoms with van der Waals surface area (Å²) in [6.45, 7) is 7.60. The molecule has 0 amide bonds. The Bertz CT molecular complexity index is 311. The molecule has 0 bridgehead atoms. The van der Waals surface area contributed by atoms with Crippen molar-refractivity contribution in [3.05, 3.63) is 11.6 Å². The van der Waals surface area contributed by atoms with Crippen LogP contribution in [0.15, 0.2) is 11.6 Å². The first kappa shape index (κ1) is 14.4. The number of aldehydes is 1. The predicted molar refractivity (Wildman–Crippen MR) is 67.9 cm³/mol. The third-order valence-electron chi connectivity index (χ3n) is 3.71. The lowest BCUT2D eigenvalue weighted by Gasteiger charge is -2.45. The zero-order valence-corrected chi connectivity index (χ0v) is 11.6. The van der Waals surface area contributed by atoms with E-state index >= 15 is 0 Å². The number of allylic oxidation sites excluding steroid dienone is 1. The van der Waals surface area contributed by atoms with Crippen molar-refractivity contribution in [2.75, 3.05) is 27.4 Å². The molecule has 3 unspecified atom stereocenters. The van der Waals surface area contributed by atoms with Crippen molar-refractivity contribution in [1.82, 2.24) is 0 Å². The van der Waals surface area contributed by atoms with Crippen LogP contribution in [0.1, 0.15) is 27.2 Å². The van der Waals surface area contributed by atoms with Gasteiger partial charge in [0.1, 0.15) is 6.29 Å². The van der Waals surface area contributed by atoms with Gasteiger partial charge in [-0.15, -0.1) is 0 Å². The Labute approximate surface area is 104 Å². The Hall–Kier alpha value is -0.670. The van der Waals surface area contributed by atoms with Crippen LogP contribution in [-0.2, 0) is 14.3 Å². The van der Waals surface area contributed by atoms with Gasteiger partial charge in [-0.05, 0) is 13.3 Å². The molecule has 0 aromatic heterocycles. The fourth-order valence-corrected chi connectivity index (χ4v) is 3.44. The van der Waals surface area contributed by atoms with Crippen molar-refractivity contribution in [3.63, 3.8) is 0 Å². The normalized spacial score (nSPS) is 37.7. The number of carbonyl (C=O) groups is 1. The zero-order chi connectivity index (χ0) is 13.1. The average Bonchev–Trinajstić information content (AvgIpc) is 2.16. The summed E-state index contributed by atoms with van der Waals surface area (Å²) in [6.07, 6.45) is 4.15. The van der Waals surface area contributed by atoms with Crippen LogP contribution in [0.4, 0.5) is 0 Å². The number of hydrogen-bond acceptors (Lipinski definition) is 3. The van der Waals surface area contributed by atoms with Crippen LogP contribution in [0.25, 0.3) is 0 Å². The van der Waals surface area contributed by atoms with Gasteiger partial charge in [-0.3, -0.25) is 0 Å². The van der Waals surface area contributed by atoms with E-state index in [9.17, 15) is 4.79 Å². The summed E-state index contributed by atoms with van der Waals surface area (Å²) in [5, 5.41) is 0. The number of carbonyl (C=O) groups excluding carboxylic acids is 1. The molecule has 98 valence electrons. The summed E-state index contributed by atoms with van der Waals surface area (Å²) >= 11 is 0. The number of rotatable bonds is 5. The zero-order valence-electron chi connectivity index (χ0n) is 11.6. The summed E-state index contributed by atoms with van der Waals surface area (Å²) in [6, 6.07) is 0. The molecule has 17 heavy (non-hydrogen) atoms. The molecule has 0 fully saturated rings. The second-order valence-electron chi connectivity index (χ2n) is 5.85. The molecule has 0 aromatic carbocycles.